The molecule has 104 valence electrons. The first-order valence-electron chi connectivity index (χ1n) is 6.81. The number of rotatable bonds is 3. The molecule has 1 unspecified atom stereocenters. The summed E-state index contributed by atoms with van der Waals surface area (Å²) >= 11 is 6.17. The smallest absolute Gasteiger partial charge is 0.253 e. The second-order valence-corrected chi connectivity index (χ2v) is 5.68. The molecule has 0 radical (unpaired) electrons. The molecule has 19 heavy (non-hydrogen) atoms. The van der Waals surface area contributed by atoms with Crippen molar-refractivity contribution in [3.8, 4) is 0 Å². The SMILES string of the molecule is CCN1CCC(NC(=O)c2cc(C)c(C)cc2Cl)C1. The van der Waals surface area contributed by atoms with Crippen molar-refractivity contribution in [2.75, 3.05) is 19.6 Å². The number of carbonyl (C=O) groups is 1. The van der Waals surface area contributed by atoms with Gasteiger partial charge in [-0.05, 0) is 50.1 Å². The number of likely N-dealkylation sites (tertiary alicyclic amines) is 1. The Labute approximate surface area is 119 Å². The Hall–Kier alpha value is -1.06. The quantitative estimate of drug-likeness (QED) is 0.923. The monoisotopic (exact) mass is 280 g/mol. The summed E-state index contributed by atoms with van der Waals surface area (Å²) in [5.74, 6) is -0.0592. The standard InChI is InChI=1S/C15H21ClN2O/c1-4-18-6-5-12(9-18)17-15(19)13-7-10(2)11(3)8-14(13)16/h7-8,12H,4-6,9H2,1-3H3,(H,17,19). The van der Waals surface area contributed by atoms with Crippen molar-refractivity contribution in [3.05, 3.63) is 33.8 Å². The van der Waals surface area contributed by atoms with Gasteiger partial charge in [0, 0.05) is 19.1 Å². The van der Waals surface area contributed by atoms with Crippen molar-refractivity contribution in [1.82, 2.24) is 10.2 Å². The van der Waals surface area contributed by atoms with Crippen LogP contribution in [0.1, 0.15) is 34.8 Å². The lowest BCUT2D eigenvalue weighted by Crippen LogP contribution is -2.37. The average molecular weight is 281 g/mol. The van der Waals surface area contributed by atoms with Gasteiger partial charge in [-0.25, -0.2) is 0 Å². The van der Waals surface area contributed by atoms with Crippen LogP contribution >= 0.6 is 11.6 Å². The van der Waals surface area contributed by atoms with Gasteiger partial charge in [-0.1, -0.05) is 18.5 Å². The van der Waals surface area contributed by atoms with Gasteiger partial charge in [-0.3, -0.25) is 4.79 Å². The Morgan fingerprint density at radius 1 is 1.42 bits per heavy atom. The van der Waals surface area contributed by atoms with E-state index in [0.717, 1.165) is 37.2 Å². The van der Waals surface area contributed by atoms with Crippen molar-refractivity contribution >= 4 is 17.5 Å². The van der Waals surface area contributed by atoms with Gasteiger partial charge in [0.15, 0.2) is 0 Å². The zero-order valence-corrected chi connectivity index (χ0v) is 12.5. The van der Waals surface area contributed by atoms with Gasteiger partial charge < -0.3 is 10.2 Å². The van der Waals surface area contributed by atoms with E-state index < -0.39 is 0 Å². The molecule has 0 spiro atoms. The van der Waals surface area contributed by atoms with Crippen LogP contribution in [0.4, 0.5) is 0 Å². The molecule has 0 saturated carbocycles. The summed E-state index contributed by atoms with van der Waals surface area (Å²) in [5.41, 5.74) is 2.79. The van der Waals surface area contributed by atoms with E-state index >= 15 is 0 Å². The lowest BCUT2D eigenvalue weighted by atomic mass is 10.1. The number of aryl methyl sites for hydroxylation is 2. The van der Waals surface area contributed by atoms with Gasteiger partial charge >= 0.3 is 0 Å². The summed E-state index contributed by atoms with van der Waals surface area (Å²) in [6, 6.07) is 3.98. The van der Waals surface area contributed by atoms with Gasteiger partial charge in [0.05, 0.1) is 10.6 Å². The lowest BCUT2D eigenvalue weighted by Gasteiger charge is -2.15. The molecule has 0 bridgehead atoms. The van der Waals surface area contributed by atoms with Crippen molar-refractivity contribution in [2.45, 2.75) is 33.2 Å². The Bertz CT molecular complexity index is 487. The topological polar surface area (TPSA) is 32.3 Å². The van der Waals surface area contributed by atoms with E-state index in [2.05, 4.69) is 17.1 Å². The summed E-state index contributed by atoms with van der Waals surface area (Å²) < 4.78 is 0. The third-order valence-electron chi connectivity index (χ3n) is 3.88. The van der Waals surface area contributed by atoms with E-state index in [0.29, 0.717) is 10.6 Å². The normalized spacial score (nSPS) is 19.7. The van der Waals surface area contributed by atoms with Gasteiger partial charge in [0.1, 0.15) is 0 Å². The maximum Gasteiger partial charge on any atom is 0.253 e. The molecular weight excluding hydrogens is 260 g/mol. The average Bonchev–Trinajstić information content (AvgIpc) is 2.81. The Kier molecular flexibility index (Phi) is 4.48. The van der Waals surface area contributed by atoms with Crippen molar-refractivity contribution in [2.24, 2.45) is 0 Å². The number of hydrogen-bond acceptors (Lipinski definition) is 2. The van der Waals surface area contributed by atoms with Gasteiger partial charge in [-0.15, -0.1) is 0 Å². The largest absolute Gasteiger partial charge is 0.348 e. The van der Waals surface area contributed by atoms with E-state index in [1.54, 1.807) is 0 Å². The number of nitrogens with one attached hydrogen (secondary N) is 1. The highest BCUT2D eigenvalue weighted by molar-refractivity contribution is 6.34. The van der Waals surface area contributed by atoms with Crippen LogP contribution in [0.3, 0.4) is 0 Å². The fraction of sp³-hybridized carbons (Fsp3) is 0.533. The van der Waals surface area contributed by atoms with E-state index in [4.69, 9.17) is 11.6 Å². The highest BCUT2D eigenvalue weighted by Gasteiger charge is 2.23. The minimum Gasteiger partial charge on any atom is -0.348 e. The molecule has 2 rings (SSSR count). The van der Waals surface area contributed by atoms with E-state index in [1.807, 2.05) is 26.0 Å². The zero-order valence-electron chi connectivity index (χ0n) is 11.8. The predicted octanol–water partition coefficient (Wildman–Crippen LogP) is 2.78. The Morgan fingerprint density at radius 3 is 2.74 bits per heavy atom. The van der Waals surface area contributed by atoms with E-state index in [-0.39, 0.29) is 11.9 Å². The molecule has 1 aromatic carbocycles. The molecule has 1 saturated heterocycles. The first kappa shape index (κ1) is 14.4. The minimum atomic E-state index is -0.0592. The van der Waals surface area contributed by atoms with Crippen LogP contribution in [0, 0.1) is 13.8 Å². The molecule has 3 nitrogen and oxygen atoms in total. The highest BCUT2D eigenvalue weighted by Crippen LogP contribution is 2.21. The number of carbonyl (C=O) groups excluding carboxylic acids is 1. The number of hydrogen-bond donors (Lipinski definition) is 1. The summed E-state index contributed by atoms with van der Waals surface area (Å²) in [6.45, 7) is 9.17. The molecule has 4 heteroatoms. The number of halogens is 1. The molecule has 1 fully saturated rings. The van der Waals surface area contributed by atoms with E-state index in [9.17, 15) is 4.79 Å². The van der Waals surface area contributed by atoms with Gasteiger partial charge in [-0.2, -0.15) is 0 Å². The van der Waals surface area contributed by atoms with Crippen LogP contribution in [0.25, 0.3) is 0 Å². The zero-order chi connectivity index (χ0) is 14.0. The molecule has 1 atom stereocenters. The maximum absolute atomic E-state index is 12.3. The van der Waals surface area contributed by atoms with Crippen molar-refractivity contribution in [3.63, 3.8) is 0 Å². The summed E-state index contributed by atoms with van der Waals surface area (Å²) in [5, 5.41) is 3.62. The maximum atomic E-state index is 12.3. The van der Waals surface area contributed by atoms with Crippen LogP contribution in [-0.4, -0.2) is 36.5 Å². The van der Waals surface area contributed by atoms with Gasteiger partial charge in [0.25, 0.3) is 5.91 Å². The van der Waals surface area contributed by atoms with Crippen LogP contribution in [-0.2, 0) is 0 Å². The second-order valence-electron chi connectivity index (χ2n) is 5.27. The number of nitrogens with zero attached hydrogens (tertiary/aromatic N) is 1. The Morgan fingerprint density at radius 2 is 2.11 bits per heavy atom. The van der Waals surface area contributed by atoms with Gasteiger partial charge in [0.2, 0.25) is 0 Å². The van der Waals surface area contributed by atoms with E-state index in [1.165, 1.54) is 0 Å². The molecule has 1 N–H and O–H groups in total. The molecular formula is C15H21ClN2O. The fourth-order valence-corrected chi connectivity index (χ4v) is 2.76. The molecule has 0 aliphatic carbocycles. The molecule has 1 aliphatic rings. The Balaban J connectivity index is 2.06. The third kappa shape index (κ3) is 3.28. The summed E-state index contributed by atoms with van der Waals surface area (Å²) in [4.78, 5) is 14.6. The number of amides is 1. The highest BCUT2D eigenvalue weighted by atomic mass is 35.5. The molecule has 1 heterocycles. The second kappa shape index (κ2) is 5.93. The molecule has 1 amide bonds. The lowest BCUT2D eigenvalue weighted by molar-refractivity contribution is 0.0938. The van der Waals surface area contributed by atoms with Crippen LogP contribution in [0.5, 0.6) is 0 Å². The minimum absolute atomic E-state index is 0.0592. The van der Waals surface area contributed by atoms with Crippen LogP contribution < -0.4 is 5.32 Å². The summed E-state index contributed by atoms with van der Waals surface area (Å²) in [7, 11) is 0. The first-order valence-corrected chi connectivity index (χ1v) is 7.19. The molecule has 0 aromatic heterocycles. The van der Waals surface area contributed by atoms with Crippen LogP contribution in [0.15, 0.2) is 12.1 Å². The number of likely N-dealkylation sites (N-methyl/N-ethyl adjacent to an activating group) is 1. The first-order chi connectivity index (χ1) is 9.01. The van der Waals surface area contributed by atoms with Crippen molar-refractivity contribution in [1.29, 1.82) is 0 Å². The van der Waals surface area contributed by atoms with Crippen molar-refractivity contribution < 1.29 is 4.79 Å². The molecule has 1 aromatic rings. The van der Waals surface area contributed by atoms with Crippen LogP contribution in [0.2, 0.25) is 5.02 Å². The number of benzene rings is 1. The molecule has 1 aliphatic heterocycles. The summed E-state index contributed by atoms with van der Waals surface area (Å²) in [6.07, 6.45) is 1.02. The predicted molar refractivity (Wildman–Crippen MR) is 78.9 cm³/mol. The third-order valence-corrected chi connectivity index (χ3v) is 4.20. The fourth-order valence-electron chi connectivity index (χ4n) is 2.46.